The van der Waals surface area contributed by atoms with Crippen LogP contribution in [0.2, 0.25) is 0 Å². The zero-order valence-electron chi connectivity index (χ0n) is 12.2. The summed E-state index contributed by atoms with van der Waals surface area (Å²) in [6.45, 7) is 2.56. The molecule has 0 saturated heterocycles. The van der Waals surface area contributed by atoms with Gasteiger partial charge in [-0.05, 0) is 42.8 Å². The number of benzene rings is 2. The molecule has 0 N–H and O–H groups in total. The fraction of sp³-hybridized carbons (Fsp3) is 0.111. The highest BCUT2D eigenvalue weighted by atomic mass is 16.6. The van der Waals surface area contributed by atoms with E-state index in [2.05, 4.69) is 4.99 Å². The lowest BCUT2D eigenvalue weighted by molar-refractivity contribution is -0.129. The maximum absolute atomic E-state index is 11.9. The summed E-state index contributed by atoms with van der Waals surface area (Å²) in [6, 6.07) is 16.8. The van der Waals surface area contributed by atoms with Crippen LogP contribution in [0.3, 0.4) is 0 Å². The van der Waals surface area contributed by atoms with Gasteiger partial charge >= 0.3 is 5.97 Å². The molecule has 2 aromatic rings. The summed E-state index contributed by atoms with van der Waals surface area (Å²) in [5, 5.41) is 0. The van der Waals surface area contributed by atoms with E-state index in [4.69, 9.17) is 9.47 Å². The number of ether oxygens (including phenoxy) is 2. The molecule has 4 heteroatoms. The molecule has 0 aliphatic carbocycles. The summed E-state index contributed by atoms with van der Waals surface area (Å²) in [7, 11) is 0. The van der Waals surface area contributed by atoms with Crippen LogP contribution >= 0.6 is 0 Å². The van der Waals surface area contributed by atoms with E-state index in [1.54, 1.807) is 6.08 Å². The highest BCUT2D eigenvalue weighted by molar-refractivity contribution is 6.12. The first kappa shape index (κ1) is 14.1. The third-order valence-electron chi connectivity index (χ3n) is 3.14. The maximum Gasteiger partial charge on any atom is 0.363 e. The van der Waals surface area contributed by atoms with Gasteiger partial charge in [-0.25, -0.2) is 9.79 Å². The number of carbonyl (C=O) groups is 1. The zero-order valence-corrected chi connectivity index (χ0v) is 12.2. The van der Waals surface area contributed by atoms with E-state index >= 15 is 0 Å². The van der Waals surface area contributed by atoms with Crippen LogP contribution in [-0.4, -0.2) is 18.5 Å². The van der Waals surface area contributed by atoms with E-state index in [1.807, 2.05) is 61.5 Å². The summed E-state index contributed by atoms with van der Waals surface area (Å²) in [4.78, 5) is 16.2. The van der Waals surface area contributed by atoms with E-state index in [9.17, 15) is 4.79 Å². The Kier molecular flexibility index (Phi) is 4.01. The molecule has 0 bridgehead atoms. The van der Waals surface area contributed by atoms with Crippen molar-refractivity contribution in [2.75, 3.05) is 6.61 Å². The number of rotatable bonds is 4. The Balaban J connectivity index is 1.84. The van der Waals surface area contributed by atoms with E-state index in [-0.39, 0.29) is 0 Å². The van der Waals surface area contributed by atoms with Crippen molar-refractivity contribution in [2.45, 2.75) is 6.92 Å². The van der Waals surface area contributed by atoms with E-state index < -0.39 is 5.97 Å². The van der Waals surface area contributed by atoms with Gasteiger partial charge in [0, 0.05) is 5.56 Å². The lowest BCUT2D eigenvalue weighted by Gasteiger charge is -2.02. The van der Waals surface area contributed by atoms with Crippen molar-refractivity contribution in [1.82, 2.24) is 0 Å². The monoisotopic (exact) mass is 293 g/mol. The summed E-state index contributed by atoms with van der Waals surface area (Å²) < 4.78 is 10.6. The average Bonchev–Trinajstić information content (AvgIpc) is 2.91. The number of esters is 1. The predicted molar refractivity (Wildman–Crippen MR) is 84.7 cm³/mol. The Labute approximate surface area is 128 Å². The van der Waals surface area contributed by atoms with Gasteiger partial charge < -0.3 is 9.47 Å². The minimum Gasteiger partial charge on any atom is -0.494 e. The van der Waals surface area contributed by atoms with Gasteiger partial charge in [0.15, 0.2) is 5.70 Å². The van der Waals surface area contributed by atoms with Crippen molar-refractivity contribution < 1.29 is 14.3 Å². The van der Waals surface area contributed by atoms with E-state index in [0.717, 1.165) is 16.9 Å². The Bertz CT molecular complexity index is 731. The quantitative estimate of drug-likeness (QED) is 0.641. The van der Waals surface area contributed by atoms with Crippen LogP contribution in [-0.2, 0) is 9.53 Å². The van der Waals surface area contributed by atoms with Crippen LogP contribution in [0.15, 0.2) is 65.3 Å². The fourth-order valence-electron chi connectivity index (χ4n) is 2.10. The molecule has 0 aromatic heterocycles. The topological polar surface area (TPSA) is 47.9 Å². The molecule has 0 unspecified atom stereocenters. The van der Waals surface area contributed by atoms with E-state index in [0.29, 0.717) is 18.2 Å². The minimum atomic E-state index is -0.437. The molecule has 110 valence electrons. The molecule has 22 heavy (non-hydrogen) atoms. The summed E-state index contributed by atoms with van der Waals surface area (Å²) in [5.74, 6) is 0.697. The second kappa shape index (κ2) is 6.26. The standard InChI is InChI=1S/C18H15NO3/c1-2-21-15-10-8-13(9-11-15)12-16-18(20)22-17(19-16)14-6-4-3-5-7-14/h3-12H,2H2,1H3/b16-12-. The van der Waals surface area contributed by atoms with Crippen molar-refractivity contribution in [3.63, 3.8) is 0 Å². The van der Waals surface area contributed by atoms with E-state index in [1.165, 1.54) is 0 Å². The van der Waals surface area contributed by atoms with Crippen molar-refractivity contribution in [3.8, 4) is 5.75 Å². The van der Waals surface area contributed by atoms with Crippen LogP contribution in [0.5, 0.6) is 5.75 Å². The smallest absolute Gasteiger partial charge is 0.363 e. The average molecular weight is 293 g/mol. The van der Waals surface area contributed by atoms with Gasteiger partial charge in [-0.15, -0.1) is 0 Å². The van der Waals surface area contributed by atoms with Gasteiger partial charge in [-0.2, -0.15) is 0 Å². The second-order valence-corrected chi connectivity index (χ2v) is 4.70. The molecule has 3 rings (SSSR count). The fourth-order valence-corrected chi connectivity index (χ4v) is 2.10. The van der Waals surface area contributed by atoms with Gasteiger partial charge in [0.2, 0.25) is 5.90 Å². The van der Waals surface area contributed by atoms with Gasteiger partial charge in [-0.1, -0.05) is 30.3 Å². The largest absolute Gasteiger partial charge is 0.494 e. The molecule has 1 heterocycles. The number of cyclic esters (lactones) is 1. The van der Waals surface area contributed by atoms with Gasteiger partial charge in [0.25, 0.3) is 0 Å². The van der Waals surface area contributed by atoms with Crippen LogP contribution in [0.4, 0.5) is 0 Å². The van der Waals surface area contributed by atoms with Gasteiger partial charge in [0.05, 0.1) is 6.61 Å². The van der Waals surface area contributed by atoms with Crippen LogP contribution in [0.1, 0.15) is 18.1 Å². The number of carbonyl (C=O) groups excluding carboxylic acids is 1. The van der Waals surface area contributed by atoms with Crippen molar-refractivity contribution in [3.05, 3.63) is 71.4 Å². The van der Waals surface area contributed by atoms with Crippen LogP contribution in [0, 0.1) is 0 Å². The van der Waals surface area contributed by atoms with Crippen molar-refractivity contribution >= 4 is 17.9 Å². The first-order chi connectivity index (χ1) is 10.8. The SMILES string of the molecule is CCOc1ccc(/C=C2\N=C(c3ccccc3)OC2=O)cc1. The normalized spacial score (nSPS) is 15.6. The minimum absolute atomic E-state index is 0.294. The third kappa shape index (κ3) is 3.06. The lowest BCUT2D eigenvalue weighted by Crippen LogP contribution is -2.04. The highest BCUT2D eigenvalue weighted by Crippen LogP contribution is 2.20. The number of aliphatic imine (C=N–C) groups is 1. The molecule has 2 aromatic carbocycles. The molecule has 4 nitrogen and oxygen atoms in total. The van der Waals surface area contributed by atoms with Crippen molar-refractivity contribution in [2.24, 2.45) is 4.99 Å². The Hall–Kier alpha value is -2.88. The van der Waals surface area contributed by atoms with Gasteiger partial charge in [-0.3, -0.25) is 0 Å². The Morgan fingerprint density at radius 3 is 2.50 bits per heavy atom. The number of hydrogen-bond acceptors (Lipinski definition) is 4. The number of nitrogens with zero attached hydrogens (tertiary/aromatic N) is 1. The highest BCUT2D eigenvalue weighted by Gasteiger charge is 2.23. The predicted octanol–water partition coefficient (Wildman–Crippen LogP) is 3.43. The van der Waals surface area contributed by atoms with Crippen LogP contribution < -0.4 is 4.74 Å². The first-order valence-electron chi connectivity index (χ1n) is 7.07. The molecular weight excluding hydrogens is 278 g/mol. The number of hydrogen-bond donors (Lipinski definition) is 0. The summed E-state index contributed by atoms with van der Waals surface area (Å²) in [5.41, 5.74) is 1.95. The molecule has 0 saturated carbocycles. The lowest BCUT2D eigenvalue weighted by atomic mass is 10.2. The van der Waals surface area contributed by atoms with Gasteiger partial charge in [0.1, 0.15) is 5.75 Å². The third-order valence-corrected chi connectivity index (χ3v) is 3.14. The Morgan fingerprint density at radius 1 is 1.09 bits per heavy atom. The molecule has 0 spiro atoms. The molecule has 1 aliphatic heterocycles. The summed E-state index contributed by atoms with van der Waals surface area (Å²) in [6.07, 6.45) is 1.70. The second-order valence-electron chi connectivity index (χ2n) is 4.70. The molecule has 0 atom stereocenters. The van der Waals surface area contributed by atoms with Crippen LogP contribution in [0.25, 0.3) is 6.08 Å². The molecule has 0 radical (unpaired) electrons. The van der Waals surface area contributed by atoms with Crippen molar-refractivity contribution in [1.29, 1.82) is 0 Å². The summed E-state index contributed by atoms with van der Waals surface area (Å²) >= 11 is 0. The molecule has 0 amide bonds. The Morgan fingerprint density at radius 2 is 1.82 bits per heavy atom. The zero-order chi connectivity index (χ0) is 15.4. The first-order valence-corrected chi connectivity index (χ1v) is 7.07. The molecular formula is C18H15NO3. The molecule has 0 fully saturated rings. The maximum atomic E-state index is 11.9. The molecule has 1 aliphatic rings.